The molecule has 442 valence electrons. The van der Waals surface area contributed by atoms with Crippen LogP contribution in [0.15, 0.2) is 24.3 Å². The van der Waals surface area contributed by atoms with Gasteiger partial charge >= 0.3 is 5.97 Å². The predicted octanol–water partition coefficient (Wildman–Crippen LogP) is -6.25. The first-order valence-corrected chi connectivity index (χ1v) is 26.7. The maximum Gasteiger partial charge on any atom is 0.326 e. The second kappa shape index (κ2) is 38.2. The van der Waals surface area contributed by atoms with E-state index in [-0.39, 0.29) is 101 Å². The van der Waals surface area contributed by atoms with Gasteiger partial charge in [-0.15, -0.1) is 0 Å². The van der Waals surface area contributed by atoms with Gasteiger partial charge in [0.1, 0.15) is 54.1 Å². The molecule has 0 aliphatic rings. The monoisotopic (exact) mass is 1130 g/mol. The fraction of sp³-hybridized carbons (Fsp3) is 0.667. The van der Waals surface area contributed by atoms with Crippen LogP contribution in [0.4, 0.5) is 0 Å². The van der Waals surface area contributed by atoms with Crippen molar-refractivity contribution in [2.75, 3.05) is 45.0 Å². The molecule has 29 nitrogen and oxygen atoms in total. The van der Waals surface area contributed by atoms with Crippen LogP contribution in [0.1, 0.15) is 90.5 Å². The quantitative estimate of drug-likeness (QED) is 0.0126. The number of hydrogen-bond donors (Lipinski definition) is 21. The predicted molar refractivity (Wildman–Crippen MR) is 294 cm³/mol. The number of nitrogens with two attached hydrogens (primary N) is 6. The minimum absolute atomic E-state index is 0.00936. The van der Waals surface area contributed by atoms with Crippen molar-refractivity contribution in [2.24, 2.45) is 34.4 Å². The molecule has 26 N–H and O–H groups in total. The van der Waals surface area contributed by atoms with Crippen molar-refractivity contribution in [2.45, 2.75) is 158 Å². The van der Waals surface area contributed by atoms with Crippen LogP contribution >= 0.6 is 12.6 Å². The molecule has 8 amide bonds. The number of rotatable bonds is 40. The van der Waals surface area contributed by atoms with E-state index in [1.807, 2.05) is 13.8 Å². The standard InChI is InChI=1S/C48H87N17O12S/c1-26(2)56-22-7-10-32(40(69)63-36(47(76)77)24-28-11-13-29(67)14-12-28)60-42(71)33(15-19-50)61-45(74)37(25-78)64-41(70)31(9-4-5-18-49)59-43(72)34(16-20-51)62-46(75)38(27(3)66)65-44(73)35(17-21-52)58-39(68)30(53)8-6-23-57-48(54)55/h11-14,26-27,30-38,56,66-67,78H,4-10,15-25,49-53H2,1-3H3,(H,58,68)(H,59,72)(H,60,71)(H,61,74)(H,62,75)(H,63,69)(H,64,70)(H,65,73)(H,76,77)(H4,54,55,57)/t27-,30+,31+,32+,33+,34-,35+,36+,37+,38+/m1/s1. The van der Waals surface area contributed by atoms with Gasteiger partial charge in [0.05, 0.1) is 12.1 Å². The van der Waals surface area contributed by atoms with E-state index in [2.05, 4.69) is 65.8 Å². The highest BCUT2D eigenvalue weighted by molar-refractivity contribution is 7.80. The van der Waals surface area contributed by atoms with Gasteiger partial charge in [-0.2, -0.15) is 12.6 Å². The highest BCUT2D eigenvalue weighted by Gasteiger charge is 2.36. The number of carboxylic acid groups (broad SMARTS) is 1. The van der Waals surface area contributed by atoms with Crippen LogP contribution < -0.4 is 87.6 Å². The lowest BCUT2D eigenvalue weighted by atomic mass is 10.0. The number of phenols is 1. The van der Waals surface area contributed by atoms with Crippen LogP contribution in [-0.2, 0) is 49.6 Å². The van der Waals surface area contributed by atoms with Gasteiger partial charge in [-0.05, 0) is 122 Å². The fourth-order valence-electron chi connectivity index (χ4n) is 7.53. The van der Waals surface area contributed by atoms with Gasteiger partial charge in [0.2, 0.25) is 47.3 Å². The molecule has 0 heterocycles. The number of hydrogen-bond acceptors (Lipinski definition) is 19. The first kappa shape index (κ1) is 69.6. The molecule has 0 bridgehead atoms. The average Bonchev–Trinajstić information content (AvgIpc) is 3.38. The second-order valence-electron chi connectivity index (χ2n) is 18.9. The van der Waals surface area contributed by atoms with Gasteiger partial charge in [0, 0.05) is 24.8 Å². The van der Waals surface area contributed by atoms with Crippen molar-refractivity contribution in [1.82, 2.24) is 53.2 Å². The molecule has 0 aliphatic heterocycles. The lowest BCUT2D eigenvalue weighted by Crippen LogP contribution is -2.62. The van der Waals surface area contributed by atoms with Gasteiger partial charge in [0.25, 0.3) is 0 Å². The highest BCUT2D eigenvalue weighted by Crippen LogP contribution is 2.13. The molecule has 1 aromatic carbocycles. The number of amides is 8. The SMILES string of the molecule is CC(C)NCCC[C@H](NC(=O)[C@H](CCN)NC(=O)[C@H](CS)NC(=O)[C@H](CCCCN)NC(=O)[C@@H](CCN)NC(=O)[C@@H](NC(=O)[C@H](CCN)NC(=O)[C@@H](N)CCCNC(=N)N)[C@@H](C)O)C(=O)N[C@@H](Cc1ccc(O)cc1)C(=O)O. The molecule has 30 heteroatoms. The van der Waals surface area contributed by atoms with Crippen LogP contribution in [0.3, 0.4) is 0 Å². The highest BCUT2D eigenvalue weighted by atomic mass is 32.1. The average molecular weight is 1130 g/mol. The van der Waals surface area contributed by atoms with Crippen molar-refractivity contribution < 1.29 is 58.5 Å². The van der Waals surface area contributed by atoms with E-state index in [9.17, 15) is 58.5 Å². The smallest absolute Gasteiger partial charge is 0.326 e. The third-order valence-electron chi connectivity index (χ3n) is 11.9. The van der Waals surface area contributed by atoms with Crippen molar-refractivity contribution in [3.05, 3.63) is 29.8 Å². The molecule has 0 unspecified atom stereocenters. The molecule has 0 saturated heterocycles. The number of aliphatic carboxylic acids is 1. The largest absolute Gasteiger partial charge is 0.508 e. The number of carbonyl (C=O) groups is 9. The Labute approximate surface area is 460 Å². The van der Waals surface area contributed by atoms with E-state index in [0.29, 0.717) is 37.8 Å². The van der Waals surface area contributed by atoms with Crippen LogP contribution in [-0.4, -0.2) is 186 Å². The van der Waals surface area contributed by atoms with Crippen LogP contribution in [0, 0.1) is 5.41 Å². The van der Waals surface area contributed by atoms with Gasteiger partial charge in [-0.1, -0.05) is 26.0 Å². The summed E-state index contributed by atoms with van der Waals surface area (Å²) in [7, 11) is 0. The third kappa shape index (κ3) is 27.3. The maximum atomic E-state index is 14.0. The van der Waals surface area contributed by atoms with Crippen LogP contribution in [0.25, 0.3) is 0 Å². The normalized spacial score (nSPS) is 15.0. The zero-order valence-electron chi connectivity index (χ0n) is 44.8. The Morgan fingerprint density at radius 3 is 1.38 bits per heavy atom. The number of benzene rings is 1. The number of aliphatic hydroxyl groups is 1. The molecule has 10 atom stereocenters. The summed E-state index contributed by atoms with van der Waals surface area (Å²) in [5, 5.41) is 63.4. The summed E-state index contributed by atoms with van der Waals surface area (Å²) < 4.78 is 0. The molecule has 0 aromatic heterocycles. The lowest BCUT2D eigenvalue weighted by molar-refractivity contribution is -0.142. The summed E-state index contributed by atoms with van der Waals surface area (Å²) in [6, 6.07) is -6.44. The van der Waals surface area contributed by atoms with Crippen molar-refractivity contribution >= 4 is 71.8 Å². The van der Waals surface area contributed by atoms with Gasteiger partial charge < -0.3 is 103 Å². The topological polar surface area (TPSA) is 515 Å². The molecular formula is C48H87N17O12S. The molecule has 0 saturated carbocycles. The van der Waals surface area contributed by atoms with E-state index in [1.54, 1.807) is 0 Å². The Balaban J connectivity index is 3.27. The molecule has 0 radical (unpaired) electrons. The molecular weight excluding hydrogens is 1040 g/mol. The number of carbonyl (C=O) groups excluding carboxylic acids is 8. The molecule has 0 fully saturated rings. The minimum Gasteiger partial charge on any atom is -0.508 e. The van der Waals surface area contributed by atoms with Crippen LogP contribution in [0.5, 0.6) is 5.75 Å². The fourth-order valence-corrected chi connectivity index (χ4v) is 7.79. The number of aromatic hydroxyl groups is 1. The lowest BCUT2D eigenvalue weighted by Gasteiger charge is -2.28. The van der Waals surface area contributed by atoms with Crippen molar-refractivity contribution in [1.29, 1.82) is 5.41 Å². The Morgan fingerprint density at radius 1 is 0.538 bits per heavy atom. The molecule has 0 spiro atoms. The second-order valence-corrected chi connectivity index (χ2v) is 19.3. The summed E-state index contributed by atoms with van der Waals surface area (Å²) in [5.41, 5.74) is 34.8. The molecule has 1 rings (SSSR count). The number of carboxylic acids is 1. The van der Waals surface area contributed by atoms with Crippen LogP contribution in [0.2, 0.25) is 0 Å². The molecule has 1 aromatic rings. The Kier molecular flexibility index (Phi) is 34.1. The number of phenolic OH excluding ortho intramolecular Hbond substituents is 1. The molecule has 0 aliphatic carbocycles. The van der Waals surface area contributed by atoms with Gasteiger partial charge in [0.15, 0.2) is 5.96 Å². The number of nitrogens with one attached hydrogen (secondary N) is 11. The summed E-state index contributed by atoms with van der Waals surface area (Å²) in [5.74, 6) is -8.91. The first-order chi connectivity index (χ1) is 36.9. The van der Waals surface area contributed by atoms with E-state index in [0.717, 1.165) is 0 Å². The maximum absolute atomic E-state index is 14.0. The number of aliphatic hydroxyl groups excluding tert-OH is 1. The summed E-state index contributed by atoms with van der Waals surface area (Å²) >= 11 is 4.26. The zero-order chi connectivity index (χ0) is 58.9. The van der Waals surface area contributed by atoms with Crippen molar-refractivity contribution in [3.63, 3.8) is 0 Å². The number of guanidine groups is 1. The van der Waals surface area contributed by atoms with E-state index >= 15 is 0 Å². The Hall–Kier alpha value is -6.41. The summed E-state index contributed by atoms with van der Waals surface area (Å²) in [6.07, 6.45) is -0.422. The zero-order valence-corrected chi connectivity index (χ0v) is 45.7. The Morgan fingerprint density at radius 2 is 0.949 bits per heavy atom. The first-order valence-electron chi connectivity index (χ1n) is 26.0. The summed E-state index contributed by atoms with van der Waals surface area (Å²) in [4.78, 5) is 122. The Bertz CT molecular complexity index is 2080. The number of unbranched alkanes of at least 4 members (excludes halogenated alkanes) is 1. The minimum atomic E-state index is -1.68. The van der Waals surface area contributed by atoms with E-state index in [1.165, 1.54) is 31.2 Å². The van der Waals surface area contributed by atoms with Gasteiger partial charge in [-0.3, -0.25) is 43.8 Å². The van der Waals surface area contributed by atoms with Crippen molar-refractivity contribution in [3.8, 4) is 5.75 Å². The third-order valence-corrected chi connectivity index (χ3v) is 12.3. The van der Waals surface area contributed by atoms with E-state index < -0.39 is 114 Å². The number of thiol groups is 1. The molecule has 78 heavy (non-hydrogen) atoms. The summed E-state index contributed by atoms with van der Waals surface area (Å²) in [6.45, 7) is 5.63. The van der Waals surface area contributed by atoms with Gasteiger partial charge in [-0.25, -0.2) is 4.79 Å². The van der Waals surface area contributed by atoms with E-state index in [4.69, 9.17) is 39.8 Å².